The minimum absolute atomic E-state index is 0.000347. The van der Waals surface area contributed by atoms with Gasteiger partial charge in [-0.1, -0.05) is 0 Å². The maximum atomic E-state index is 12.5. The van der Waals surface area contributed by atoms with Gasteiger partial charge in [-0.25, -0.2) is 4.98 Å². The van der Waals surface area contributed by atoms with Crippen LogP contribution in [0.1, 0.15) is 17.3 Å². The average molecular weight is 323 g/mol. The number of Topliss-reactive ketones (excluding diaryl/α,β-unsaturated/α-hetero) is 1. The third-order valence-electron chi connectivity index (χ3n) is 3.70. The molecule has 0 unspecified atom stereocenters. The van der Waals surface area contributed by atoms with Gasteiger partial charge in [0.1, 0.15) is 11.2 Å². The molecule has 0 radical (unpaired) electrons. The van der Waals surface area contributed by atoms with Crippen LogP contribution in [0.2, 0.25) is 0 Å². The molecule has 1 aromatic carbocycles. The zero-order valence-electron chi connectivity index (χ0n) is 13.6. The summed E-state index contributed by atoms with van der Waals surface area (Å²) < 4.78 is 1.48. The van der Waals surface area contributed by atoms with Crippen molar-refractivity contribution in [3.05, 3.63) is 52.4 Å². The molecule has 0 aliphatic heterocycles. The van der Waals surface area contributed by atoms with E-state index < -0.39 is 0 Å². The van der Waals surface area contributed by atoms with Crippen LogP contribution in [0.25, 0.3) is 10.9 Å². The molecular formula is C17H17N5O2. The molecule has 2 aromatic heterocycles. The number of nitrogens with one attached hydrogen (secondary N) is 2. The summed E-state index contributed by atoms with van der Waals surface area (Å²) in [5, 5.41) is 6.44. The van der Waals surface area contributed by atoms with E-state index in [1.54, 1.807) is 50.6 Å². The number of rotatable bonds is 4. The van der Waals surface area contributed by atoms with Crippen LogP contribution in [0, 0.1) is 0 Å². The zero-order valence-corrected chi connectivity index (χ0v) is 13.6. The number of aromatic nitrogens is 3. The van der Waals surface area contributed by atoms with Crippen LogP contribution in [0.15, 0.2) is 41.3 Å². The van der Waals surface area contributed by atoms with Crippen molar-refractivity contribution in [2.75, 3.05) is 17.7 Å². The summed E-state index contributed by atoms with van der Waals surface area (Å²) in [6.07, 6.45) is 1.67. The number of carbonyl (C=O) groups excluding carboxylic acids is 1. The van der Waals surface area contributed by atoms with E-state index in [1.807, 2.05) is 0 Å². The smallest absolute Gasteiger partial charge is 0.263 e. The molecule has 7 nitrogen and oxygen atoms in total. The molecule has 122 valence electrons. The van der Waals surface area contributed by atoms with Crippen molar-refractivity contribution in [1.82, 2.24) is 14.5 Å². The maximum absolute atomic E-state index is 12.5. The van der Waals surface area contributed by atoms with Gasteiger partial charge in [0.05, 0.1) is 5.52 Å². The number of aryl methyl sites for hydroxylation is 1. The van der Waals surface area contributed by atoms with E-state index in [0.717, 1.165) is 5.69 Å². The molecular weight excluding hydrogens is 306 g/mol. The zero-order chi connectivity index (χ0) is 17.3. The van der Waals surface area contributed by atoms with Gasteiger partial charge in [0, 0.05) is 31.5 Å². The van der Waals surface area contributed by atoms with E-state index in [4.69, 9.17) is 0 Å². The lowest BCUT2D eigenvalue weighted by atomic mass is 10.1. The van der Waals surface area contributed by atoms with Gasteiger partial charge in [-0.3, -0.25) is 9.59 Å². The molecule has 0 fully saturated rings. The number of nitrogens with zero attached hydrogens (tertiary/aromatic N) is 3. The van der Waals surface area contributed by atoms with Gasteiger partial charge in [0.25, 0.3) is 5.56 Å². The standard InChI is InChI=1S/C17H17N5O2/c1-10(23)11-4-6-12(7-5-11)19-15-14-13(20-17(18-2)21-15)8-9-22(3)16(14)24/h4-9H,1-3H3,(H2,18,19,20,21). The molecule has 0 amide bonds. The predicted octanol–water partition coefficient (Wildman–Crippen LogP) is 2.32. The first-order chi connectivity index (χ1) is 11.5. The number of fused-ring (bicyclic) bond motifs is 1. The first kappa shape index (κ1) is 15.7. The Balaban J connectivity index is 2.12. The van der Waals surface area contributed by atoms with Gasteiger partial charge >= 0.3 is 0 Å². The number of hydrogen-bond donors (Lipinski definition) is 2. The van der Waals surface area contributed by atoms with Crippen LogP contribution >= 0.6 is 0 Å². The second-order valence-corrected chi connectivity index (χ2v) is 5.40. The van der Waals surface area contributed by atoms with Crippen molar-refractivity contribution in [1.29, 1.82) is 0 Å². The number of pyridine rings is 1. The van der Waals surface area contributed by atoms with Crippen LogP contribution in [0.3, 0.4) is 0 Å². The van der Waals surface area contributed by atoms with E-state index in [2.05, 4.69) is 20.6 Å². The van der Waals surface area contributed by atoms with E-state index >= 15 is 0 Å². The van der Waals surface area contributed by atoms with Crippen LogP contribution in [0.5, 0.6) is 0 Å². The molecule has 0 spiro atoms. The molecule has 2 N–H and O–H groups in total. The molecule has 3 rings (SSSR count). The Hall–Kier alpha value is -3.22. The highest BCUT2D eigenvalue weighted by Gasteiger charge is 2.12. The average Bonchev–Trinajstić information content (AvgIpc) is 2.58. The molecule has 24 heavy (non-hydrogen) atoms. The molecule has 3 aromatic rings. The van der Waals surface area contributed by atoms with Crippen molar-refractivity contribution in [3.8, 4) is 0 Å². The first-order valence-corrected chi connectivity index (χ1v) is 7.43. The Morgan fingerprint density at radius 3 is 2.46 bits per heavy atom. The molecule has 0 aliphatic rings. The van der Waals surface area contributed by atoms with Gasteiger partial charge in [-0.2, -0.15) is 4.98 Å². The van der Waals surface area contributed by atoms with Gasteiger partial charge in [0.2, 0.25) is 5.95 Å². The van der Waals surface area contributed by atoms with E-state index in [1.165, 1.54) is 11.5 Å². The van der Waals surface area contributed by atoms with Crippen LogP contribution < -0.4 is 16.2 Å². The predicted molar refractivity (Wildman–Crippen MR) is 94.1 cm³/mol. The van der Waals surface area contributed by atoms with Crippen molar-refractivity contribution in [2.24, 2.45) is 7.05 Å². The Kier molecular flexibility index (Phi) is 3.99. The quantitative estimate of drug-likeness (QED) is 0.716. The van der Waals surface area contributed by atoms with Crippen LogP contribution in [-0.2, 0) is 7.05 Å². The second-order valence-electron chi connectivity index (χ2n) is 5.40. The number of ketones is 1. The largest absolute Gasteiger partial charge is 0.357 e. The summed E-state index contributed by atoms with van der Waals surface area (Å²) >= 11 is 0. The minimum Gasteiger partial charge on any atom is -0.357 e. The van der Waals surface area contributed by atoms with Gasteiger partial charge in [-0.05, 0) is 37.3 Å². The first-order valence-electron chi connectivity index (χ1n) is 7.43. The lowest BCUT2D eigenvalue weighted by Crippen LogP contribution is -2.18. The van der Waals surface area contributed by atoms with E-state index in [0.29, 0.717) is 28.2 Å². The van der Waals surface area contributed by atoms with E-state index in [9.17, 15) is 9.59 Å². The highest BCUT2D eigenvalue weighted by molar-refractivity contribution is 5.95. The summed E-state index contributed by atoms with van der Waals surface area (Å²) in [7, 11) is 3.40. The highest BCUT2D eigenvalue weighted by atomic mass is 16.1. The summed E-state index contributed by atoms with van der Waals surface area (Å²) in [5.41, 5.74) is 1.73. The number of hydrogen-bond acceptors (Lipinski definition) is 6. The minimum atomic E-state index is -0.182. The molecule has 0 saturated heterocycles. The highest BCUT2D eigenvalue weighted by Crippen LogP contribution is 2.23. The Morgan fingerprint density at radius 2 is 1.83 bits per heavy atom. The van der Waals surface area contributed by atoms with Crippen molar-refractivity contribution in [2.45, 2.75) is 6.92 Å². The number of anilines is 3. The second kappa shape index (κ2) is 6.11. The molecule has 0 bridgehead atoms. The van der Waals surface area contributed by atoms with Crippen molar-refractivity contribution >= 4 is 34.1 Å². The summed E-state index contributed by atoms with van der Waals surface area (Å²) in [6, 6.07) is 8.77. The van der Waals surface area contributed by atoms with Gasteiger partial charge in [0.15, 0.2) is 5.78 Å². The number of carbonyl (C=O) groups is 1. The molecule has 0 aliphatic carbocycles. The topological polar surface area (TPSA) is 88.9 Å². The number of benzene rings is 1. The maximum Gasteiger partial charge on any atom is 0.263 e. The fourth-order valence-corrected chi connectivity index (χ4v) is 2.36. The normalized spacial score (nSPS) is 10.6. The summed E-state index contributed by atoms with van der Waals surface area (Å²) in [5.74, 6) is 0.833. The summed E-state index contributed by atoms with van der Waals surface area (Å²) in [6.45, 7) is 1.52. The molecule has 0 saturated carbocycles. The SMILES string of the molecule is CNc1nc(Nc2ccc(C(C)=O)cc2)c2c(=O)n(C)ccc2n1. The fourth-order valence-electron chi connectivity index (χ4n) is 2.36. The van der Waals surface area contributed by atoms with Gasteiger partial charge < -0.3 is 15.2 Å². The lowest BCUT2D eigenvalue weighted by molar-refractivity contribution is 0.101. The fraction of sp³-hybridized carbons (Fsp3) is 0.176. The third kappa shape index (κ3) is 2.83. The Bertz CT molecular complexity index is 977. The summed E-state index contributed by atoms with van der Waals surface area (Å²) in [4.78, 5) is 32.5. The van der Waals surface area contributed by atoms with Crippen LogP contribution in [0.4, 0.5) is 17.5 Å². The third-order valence-corrected chi connectivity index (χ3v) is 3.70. The van der Waals surface area contributed by atoms with Crippen LogP contribution in [-0.4, -0.2) is 27.4 Å². The van der Waals surface area contributed by atoms with E-state index in [-0.39, 0.29) is 11.3 Å². The molecule has 0 atom stereocenters. The van der Waals surface area contributed by atoms with Crippen molar-refractivity contribution < 1.29 is 4.79 Å². The Morgan fingerprint density at radius 1 is 1.12 bits per heavy atom. The van der Waals surface area contributed by atoms with Crippen molar-refractivity contribution in [3.63, 3.8) is 0 Å². The molecule has 7 heteroatoms. The van der Waals surface area contributed by atoms with Gasteiger partial charge in [-0.15, -0.1) is 0 Å². The Labute approximate surface area is 138 Å². The lowest BCUT2D eigenvalue weighted by Gasteiger charge is -2.11. The molecule has 2 heterocycles. The monoisotopic (exact) mass is 323 g/mol.